The first-order valence-electron chi connectivity index (χ1n) is 10.8. The molecule has 1 N–H and O–H groups in total. The van der Waals surface area contributed by atoms with Crippen LogP contribution >= 0.6 is 0 Å². The predicted octanol–water partition coefficient (Wildman–Crippen LogP) is 3.11. The summed E-state index contributed by atoms with van der Waals surface area (Å²) in [5, 5.41) is 8.13. The number of benzene rings is 1. The van der Waals surface area contributed by atoms with Crippen LogP contribution in [0.2, 0.25) is 0 Å². The van der Waals surface area contributed by atoms with Gasteiger partial charge in [-0.05, 0) is 44.9 Å². The third-order valence-electron chi connectivity index (χ3n) is 5.84. The molecule has 1 aromatic carbocycles. The number of rotatable bonds is 8. The number of aryl methyl sites for hydroxylation is 1. The van der Waals surface area contributed by atoms with E-state index in [1.165, 1.54) is 16.8 Å². The summed E-state index contributed by atoms with van der Waals surface area (Å²) in [5.41, 5.74) is 4.77. The summed E-state index contributed by atoms with van der Waals surface area (Å²) in [6, 6.07) is 8.45. The van der Waals surface area contributed by atoms with Crippen molar-refractivity contribution >= 4 is 5.96 Å². The molecule has 7 heteroatoms. The number of nitrogens with one attached hydrogen (secondary N) is 1. The lowest BCUT2D eigenvalue weighted by atomic mass is 9.98. The van der Waals surface area contributed by atoms with Crippen molar-refractivity contribution in [3.05, 3.63) is 46.8 Å². The Morgan fingerprint density at radius 2 is 2.00 bits per heavy atom. The van der Waals surface area contributed by atoms with Crippen LogP contribution in [0.25, 0.3) is 0 Å². The van der Waals surface area contributed by atoms with E-state index in [9.17, 15) is 0 Å². The van der Waals surface area contributed by atoms with Crippen molar-refractivity contribution in [3.8, 4) is 5.75 Å². The maximum absolute atomic E-state index is 5.29. The average molecular weight is 414 g/mol. The predicted molar refractivity (Wildman–Crippen MR) is 120 cm³/mol. The van der Waals surface area contributed by atoms with Crippen LogP contribution < -0.4 is 10.1 Å². The molecule has 1 aliphatic heterocycles. The quantitative estimate of drug-likeness (QED) is 0.532. The Morgan fingerprint density at radius 3 is 2.67 bits per heavy atom. The van der Waals surface area contributed by atoms with E-state index in [1.54, 1.807) is 14.2 Å². The molecule has 0 aliphatic carbocycles. The van der Waals surface area contributed by atoms with E-state index < -0.39 is 0 Å². The van der Waals surface area contributed by atoms with Crippen molar-refractivity contribution in [1.29, 1.82) is 0 Å². The third kappa shape index (κ3) is 5.14. The zero-order valence-electron chi connectivity index (χ0n) is 18.9. The second-order valence-corrected chi connectivity index (χ2v) is 7.74. The Morgan fingerprint density at radius 1 is 1.23 bits per heavy atom. The second kappa shape index (κ2) is 10.5. The van der Waals surface area contributed by atoms with Crippen molar-refractivity contribution in [2.75, 3.05) is 40.5 Å². The summed E-state index contributed by atoms with van der Waals surface area (Å²) in [6.07, 6.45) is 1.13. The maximum atomic E-state index is 5.29. The SMILES string of the molecule is CCNC(=NCc1c(C)nn(CCOC)c1C)N1CCC(c2ccc(OC)cc2)C1. The van der Waals surface area contributed by atoms with Gasteiger partial charge in [-0.3, -0.25) is 4.68 Å². The molecule has 3 rings (SSSR count). The fourth-order valence-electron chi connectivity index (χ4n) is 4.04. The maximum Gasteiger partial charge on any atom is 0.194 e. The van der Waals surface area contributed by atoms with Crippen LogP contribution in [0.15, 0.2) is 29.3 Å². The molecule has 1 aromatic heterocycles. The fraction of sp³-hybridized carbons (Fsp3) is 0.565. The van der Waals surface area contributed by atoms with E-state index in [4.69, 9.17) is 14.5 Å². The molecule has 1 aliphatic rings. The number of aliphatic imine (C=N–C) groups is 1. The Hall–Kier alpha value is -2.54. The van der Waals surface area contributed by atoms with Crippen LogP contribution in [0.4, 0.5) is 0 Å². The van der Waals surface area contributed by atoms with Crippen LogP contribution in [0.5, 0.6) is 5.75 Å². The summed E-state index contributed by atoms with van der Waals surface area (Å²) in [4.78, 5) is 7.34. The number of hydrogen-bond acceptors (Lipinski definition) is 4. The number of guanidine groups is 1. The van der Waals surface area contributed by atoms with Crippen molar-refractivity contribution in [3.63, 3.8) is 0 Å². The standard InChI is InChI=1S/C23H35N5O2/c1-6-24-23(25-15-22-17(2)26-28(18(22)3)13-14-29-4)27-12-11-20(16-27)19-7-9-21(30-5)10-8-19/h7-10,20H,6,11-16H2,1-5H3,(H,24,25). The molecule has 0 bridgehead atoms. The van der Waals surface area contributed by atoms with E-state index in [2.05, 4.69) is 48.2 Å². The average Bonchev–Trinajstić information content (AvgIpc) is 3.35. The van der Waals surface area contributed by atoms with Gasteiger partial charge in [0.05, 0.1) is 32.5 Å². The van der Waals surface area contributed by atoms with Crippen molar-refractivity contribution < 1.29 is 9.47 Å². The van der Waals surface area contributed by atoms with Gasteiger partial charge < -0.3 is 19.7 Å². The lowest BCUT2D eigenvalue weighted by Gasteiger charge is -2.22. The van der Waals surface area contributed by atoms with E-state index in [-0.39, 0.29) is 0 Å². The summed E-state index contributed by atoms with van der Waals surface area (Å²) in [5.74, 6) is 2.40. The van der Waals surface area contributed by atoms with Gasteiger partial charge >= 0.3 is 0 Å². The molecule has 2 heterocycles. The molecule has 1 unspecified atom stereocenters. The van der Waals surface area contributed by atoms with Gasteiger partial charge in [0, 0.05) is 43.9 Å². The van der Waals surface area contributed by atoms with Gasteiger partial charge in [-0.15, -0.1) is 0 Å². The third-order valence-corrected chi connectivity index (χ3v) is 5.84. The second-order valence-electron chi connectivity index (χ2n) is 7.74. The highest BCUT2D eigenvalue weighted by Crippen LogP contribution is 2.28. The highest BCUT2D eigenvalue weighted by molar-refractivity contribution is 5.80. The summed E-state index contributed by atoms with van der Waals surface area (Å²) in [6.45, 7) is 11.2. The normalized spacial score (nSPS) is 16.9. The Kier molecular flexibility index (Phi) is 7.74. The number of likely N-dealkylation sites (tertiary alicyclic amines) is 1. The zero-order valence-corrected chi connectivity index (χ0v) is 18.9. The lowest BCUT2D eigenvalue weighted by Crippen LogP contribution is -2.40. The first-order valence-corrected chi connectivity index (χ1v) is 10.8. The monoisotopic (exact) mass is 413 g/mol. The largest absolute Gasteiger partial charge is 0.497 e. The van der Waals surface area contributed by atoms with Gasteiger partial charge in [0.2, 0.25) is 0 Å². The molecule has 0 saturated carbocycles. The first-order chi connectivity index (χ1) is 14.6. The van der Waals surface area contributed by atoms with E-state index in [1.807, 2.05) is 16.8 Å². The molecular weight excluding hydrogens is 378 g/mol. The van der Waals surface area contributed by atoms with Crippen LogP contribution in [0.3, 0.4) is 0 Å². The lowest BCUT2D eigenvalue weighted by molar-refractivity contribution is 0.182. The number of aromatic nitrogens is 2. The van der Waals surface area contributed by atoms with Crippen LogP contribution in [0, 0.1) is 13.8 Å². The first kappa shape index (κ1) is 22.2. The highest BCUT2D eigenvalue weighted by Gasteiger charge is 2.26. The highest BCUT2D eigenvalue weighted by atomic mass is 16.5. The molecule has 7 nitrogen and oxygen atoms in total. The summed E-state index contributed by atoms with van der Waals surface area (Å²) < 4.78 is 12.5. The van der Waals surface area contributed by atoms with E-state index >= 15 is 0 Å². The van der Waals surface area contributed by atoms with Crippen molar-refractivity contribution in [1.82, 2.24) is 20.0 Å². The molecule has 0 radical (unpaired) electrons. The van der Waals surface area contributed by atoms with E-state index in [0.29, 0.717) is 19.1 Å². The molecule has 164 valence electrons. The number of methoxy groups -OCH3 is 2. The number of hydrogen-bond donors (Lipinski definition) is 1. The Labute approximate surface area is 180 Å². The minimum absolute atomic E-state index is 0.514. The van der Waals surface area contributed by atoms with Gasteiger partial charge in [0.25, 0.3) is 0 Å². The molecule has 2 aromatic rings. The van der Waals surface area contributed by atoms with E-state index in [0.717, 1.165) is 50.0 Å². The molecule has 1 saturated heterocycles. The summed E-state index contributed by atoms with van der Waals surface area (Å²) in [7, 11) is 3.42. The molecule has 30 heavy (non-hydrogen) atoms. The smallest absolute Gasteiger partial charge is 0.194 e. The number of nitrogens with zero attached hydrogens (tertiary/aromatic N) is 4. The van der Waals surface area contributed by atoms with Crippen LogP contribution in [0.1, 0.15) is 41.8 Å². The molecule has 1 atom stereocenters. The van der Waals surface area contributed by atoms with Crippen molar-refractivity contribution in [2.24, 2.45) is 4.99 Å². The van der Waals surface area contributed by atoms with Gasteiger partial charge in [-0.2, -0.15) is 5.10 Å². The minimum atomic E-state index is 0.514. The van der Waals surface area contributed by atoms with Gasteiger partial charge in [-0.1, -0.05) is 12.1 Å². The Bertz CT molecular complexity index is 844. The summed E-state index contributed by atoms with van der Waals surface area (Å²) >= 11 is 0. The van der Waals surface area contributed by atoms with Crippen LogP contribution in [-0.2, 0) is 17.8 Å². The Balaban J connectivity index is 1.70. The molecular formula is C23H35N5O2. The fourth-order valence-corrected chi connectivity index (χ4v) is 4.04. The van der Waals surface area contributed by atoms with Gasteiger partial charge in [0.1, 0.15) is 5.75 Å². The zero-order chi connectivity index (χ0) is 21.5. The topological polar surface area (TPSA) is 63.9 Å². The number of ether oxygens (including phenoxy) is 2. The van der Waals surface area contributed by atoms with Gasteiger partial charge in [-0.25, -0.2) is 4.99 Å². The molecule has 1 fully saturated rings. The van der Waals surface area contributed by atoms with Crippen LogP contribution in [-0.4, -0.2) is 61.1 Å². The molecule has 0 amide bonds. The van der Waals surface area contributed by atoms with Gasteiger partial charge in [0.15, 0.2) is 5.96 Å². The molecule has 0 spiro atoms. The van der Waals surface area contributed by atoms with Crippen molar-refractivity contribution in [2.45, 2.75) is 46.2 Å². The minimum Gasteiger partial charge on any atom is -0.497 e.